The van der Waals surface area contributed by atoms with Crippen molar-refractivity contribution >= 4 is 5.91 Å². The first-order valence-electron chi connectivity index (χ1n) is 8.31. The number of carbonyl (C=O) groups is 1. The summed E-state index contributed by atoms with van der Waals surface area (Å²) in [6.45, 7) is 1.72. The van der Waals surface area contributed by atoms with E-state index in [4.69, 9.17) is 0 Å². The molecule has 0 unspecified atom stereocenters. The van der Waals surface area contributed by atoms with Crippen molar-refractivity contribution < 1.29 is 13.6 Å². The fraction of sp³-hybridized carbons (Fsp3) is 0.444. The molecule has 2 heterocycles. The maximum absolute atomic E-state index is 13.7. The van der Waals surface area contributed by atoms with E-state index in [1.807, 2.05) is 4.90 Å². The third kappa shape index (κ3) is 4.19. The lowest BCUT2D eigenvalue weighted by atomic mass is 9.91. The van der Waals surface area contributed by atoms with Gasteiger partial charge in [0.1, 0.15) is 18.2 Å². The van der Waals surface area contributed by atoms with Gasteiger partial charge in [-0.3, -0.25) is 9.48 Å². The SMILES string of the molecule is O=C(Cn1cccn1)N1CCC[C@@H](CCc2ccc(F)cc2F)C1. The van der Waals surface area contributed by atoms with Crippen molar-refractivity contribution in [2.75, 3.05) is 13.1 Å². The van der Waals surface area contributed by atoms with Gasteiger partial charge in [-0.25, -0.2) is 8.78 Å². The van der Waals surface area contributed by atoms with Crippen molar-refractivity contribution in [1.82, 2.24) is 14.7 Å². The molecule has 128 valence electrons. The average molecular weight is 333 g/mol. The summed E-state index contributed by atoms with van der Waals surface area (Å²) in [5.41, 5.74) is 0.538. The van der Waals surface area contributed by atoms with Crippen LogP contribution in [0.4, 0.5) is 8.78 Å². The summed E-state index contributed by atoms with van der Waals surface area (Å²) in [4.78, 5) is 14.2. The topological polar surface area (TPSA) is 38.1 Å². The summed E-state index contributed by atoms with van der Waals surface area (Å²) >= 11 is 0. The second-order valence-electron chi connectivity index (χ2n) is 6.33. The van der Waals surface area contributed by atoms with Crippen molar-refractivity contribution in [3.8, 4) is 0 Å². The molecule has 1 atom stereocenters. The van der Waals surface area contributed by atoms with Gasteiger partial charge in [-0.1, -0.05) is 6.07 Å². The molecule has 0 spiro atoms. The molecule has 1 aromatic carbocycles. The number of piperidine rings is 1. The maximum atomic E-state index is 13.7. The van der Waals surface area contributed by atoms with Crippen LogP contribution >= 0.6 is 0 Å². The number of carbonyl (C=O) groups excluding carboxylic acids is 1. The summed E-state index contributed by atoms with van der Waals surface area (Å²) in [7, 11) is 0. The van der Waals surface area contributed by atoms with E-state index >= 15 is 0 Å². The average Bonchev–Trinajstić information content (AvgIpc) is 3.07. The minimum Gasteiger partial charge on any atom is -0.341 e. The van der Waals surface area contributed by atoms with E-state index in [-0.39, 0.29) is 12.5 Å². The molecular formula is C18H21F2N3O. The molecule has 1 fully saturated rings. The molecule has 1 saturated heterocycles. The third-order valence-electron chi connectivity index (χ3n) is 4.57. The highest BCUT2D eigenvalue weighted by Crippen LogP contribution is 2.23. The molecule has 4 nitrogen and oxygen atoms in total. The van der Waals surface area contributed by atoms with E-state index in [9.17, 15) is 13.6 Å². The monoisotopic (exact) mass is 333 g/mol. The molecule has 24 heavy (non-hydrogen) atoms. The third-order valence-corrected chi connectivity index (χ3v) is 4.57. The van der Waals surface area contributed by atoms with Crippen LogP contribution in [0.1, 0.15) is 24.8 Å². The van der Waals surface area contributed by atoms with Gasteiger partial charge in [-0.05, 0) is 49.3 Å². The van der Waals surface area contributed by atoms with Crippen molar-refractivity contribution in [3.63, 3.8) is 0 Å². The Balaban J connectivity index is 1.52. The van der Waals surface area contributed by atoms with Crippen LogP contribution in [0.2, 0.25) is 0 Å². The Hall–Kier alpha value is -2.24. The molecule has 0 radical (unpaired) electrons. The molecule has 1 amide bonds. The van der Waals surface area contributed by atoms with Crippen LogP contribution in [-0.2, 0) is 17.8 Å². The van der Waals surface area contributed by atoms with E-state index in [1.54, 1.807) is 23.1 Å². The lowest BCUT2D eigenvalue weighted by Gasteiger charge is -2.33. The Labute approximate surface area is 140 Å². The second-order valence-corrected chi connectivity index (χ2v) is 6.33. The Bertz CT molecular complexity index is 688. The van der Waals surface area contributed by atoms with Crippen LogP contribution in [0, 0.1) is 17.6 Å². The molecule has 0 aliphatic carbocycles. The van der Waals surface area contributed by atoms with Gasteiger partial charge in [-0.15, -0.1) is 0 Å². The van der Waals surface area contributed by atoms with Crippen LogP contribution in [0.5, 0.6) is 0 Å². The largest absolute Gasteiger partial charge is 0.341 e. The zero-order valence-electron chi connectivity index (χ0n) is 13.5. The predicted molar refractivity (Wildman–Crippen MR) is 86.2 cm³/mol. The van der Waals surface area contributed by atoms with E-state index < -0.39 is 11.6 Å². The zero-order chi connectivity index (χ0) is 16.9. The summed E-state index contributed by atoms with van der Waals surface area (Å²) in [5.74, 6) is -0.622. The highest BCUT2D eigenvalue weighted by atomic mass is 19.1. The first-order chi connectivity index (χ1) is 11.6. The van der Waals surface area contributed by atoms with Crippen LogP contribution in [0.3, 0.4) is 0 Å². The number of halogens is 2. The first-order valence-corrected chi connectivity index (χ1v) is 8.31. The molecule has 6 heteroatoms. The second kappa shape index (κ2) is 7.55. The zero-order valence-corrected chi connectivity index (χ0v) is 13.5. The number of aromatic nitrogens is 2. The number of likely N-dealkylation sites (tertiary alicyclic amines) is 1. The van der Waals surface area contributed by atoms with Crippen molar-refractivity contribution in [3.05, 3.63) is 53.9 Å². The van der Waals surface area contributed by atoms with Gasteiger partial charge in [0.2, 0.25) is 5.91 Å². The first kappa shape index (κ1) is 16.6. The molecule has 0 bridgehead atoms. The predicted octanol–water partition coefficient (Wildman–Crippen LogP) is 3.03. The summed E-state index contributed by atoms with van der Waals surface area (Å²) in [6, 6.07) is 5.52. The van der Waals surface area contributed by atoms with Gasteiger partial charge in [0, 0.05) is 31.5 Å². The van der Waals surface area contributed by atoms with Gasteiger partial charge in [0.05, 0.1) is 0 Å². The minimum absolute atomic E-state index is 0.0661. The highest BCUT2D eigenvalue weighted by molar-refractivity contribution is 5.76. The van der Waals surface area contributed by atoms with Crippen LogP contribution < -0.4 is 0 Å². The summed E-state index contributed by atoms with van der Waals surface area (Å²) < 4.78 is 28.3. The Morgan fingerprint density at radius 1 is 1.33 bits per heavy atom. The lowest BCUT2D eigenvalue weighted by Crippen LogP contribution is -2.41. The highest BCUT2D eigenvalue weighted by Gasteiger charge is 2.24. The molecule has 2 aromatic rings. The molecule has 0 N–H and O–H groups in total. The van der Waals surface area contributed by atoms with Gasteiger partial charge < -0.3 is 4.90 Å². The normalized spacial score (nSPS) is 17.9. The Kier molecular flexibility index (Phi) is 5.23. The van der Waals surface area contributed by atoms with E-state index in [1.165, 1.54) is 12.1 Å². The van der Waals surface area contributed by atoms with Gasteiger partial charge >= 0.3 is 0 Å². The molecular weight excluding hydrogens is 312 g/mol. The number of aryl methyl sites for hydroxylation is 1. The molecule has 1 aliphatic rings. The fourth-order valence-electron chi connectivity index (χ4n) is 3.24. The van der Waals surface area contributed by atoms with Crippen molar-refractivity contribution in [2.45, 2.75) is 32.2 Å². The van der Waals surface area contributed by atoms with E-state index in [2.05, 4.69) is 5.10 Å². The smallest absolute Gasteiger partial charge is 0.244 e. The standard InChI is InChI=1S/C18H21F2N3O/c19-16-7-6-15(17(20)11-16)5-4-14-3-1-9-22(12-14)18(24)13-23-10-2-8-21-23/h2,6-8,10-11,14H,1,3-5,9,12-13H2/t14-/m0/s1. The summed E-state index contributed by atoms with van der Waals surface area (Å²) in [6.07, 6.45) is 6.79. The molecule has 0 saturated carbocycles. The number of amides is 1. The number of rotatable bonds is 5. The van der Waals surface area contributed by atoms with Crippen molar-refractivity contribution in [1.29, 1.82) is 0 Å². The number of benzene rings is 1. The van der Waals surface area contributed by atoms with E-state index in [0.29, 0.717) is 24.4 Å². The quantitative estimate of drug-likeness (QED) is 0.843. The van der Waals surface area contributed by atoms with Gasteiger partial charge in [-0.2, -0.15) is 5.10 Å². The fourth-order valence-corrected chi connectivity index (χ4v) is 3.24. The van der Waals surface area contributed by atoms with E-state index in [0.717, 1.165) is 31.9 Å². The van der Waals surface area contributed by atoms with Gasteiger partial charge in [0.15, 0.2) is 0 Å². The number of hydrogen-bond acceptors (Lipinski definition) is 2. The van der Waals surface area contributed by atoms with Crippen LogP contribution in [0.25, 0.3) is 0 Å². The minimum atomic E-state index is -0.552. The number of nitrogens with zero attached hydrogens (tertiary/aromatic N) is 3. The molecule has 1 aliphatic heterocycles. The Morgan fingerprint density at radius 3 is 2.96 bits per heavy atom. The van der Waals surface area contributed by atoms with Crippen LogP contribution in [0.15, 0.2) is 36.7 Å². The number of hydrogen-bond donors (Lipinski definition) is 0. The summed E-state index contributed by atoms with van der Waals surface area (Å²) in [5, 5.41) is 4.06. The van der Waals surface area contributed by atoms with Gasteiger partial charge in [0.25, 0.3) is 0 Å². The lowest BCUT2D eigenvalue weighted by molar-refractivity contribution is -0.133. The van der Waals surface area contributed by atoms with Crippen LogP contribution in [-0.4, -0.2) is 33.7 Å². The Morgan fingerprint density at radius 2 is 2.21 bits per heavy atom. The van der Waals surface area contributed by atoms with Crippen molar-refractivity contribution in [2.24, 2.45) is 5.92 Å². The molecule has 3 rings (SSSR count). The molecule has 1 aromatic heterocycles. The maximum Gasteiger partial charge on any atom is 0.244 e.